The van der Waals surface area contributed by atoms with Gasteiger partial charge in [-0.1, -0.05) is 92.7 Å². The lowest BCUT2D eigenvalue weighted by Crippen LogP contribution is -2.26. The van der Waals surface area contributed by atoms with E-state index < -0.39 is 0 Å². The van der Waals surface area contributed by atoms with E-state index >= 15 is 0 Å². The Morgan fingerprint density at radius 2 is 1.51 bits per heavy atom. The van der Waals surface area contributed by atoms with E-state index in [0.717, 1.165) is 40.1 Å². The molecule has 2 heterocycles. The Kier molecular flexibility index (Phi) is 6.34. The van der Waals surface area contributed by atoms with Crippen LogP contribution in [0.2, 0.25) is 0 Å². The molecule has 8 heteroatoms. The number of aromatic amines is 1. The van der Waals surface area contributed by atoms with Crippen LogP contribution in [0.1, 0.15) is 30.8 Å². The molecular weight excluding hydrogens is 438 g/mol. The van der Waals surface area contributed by atoms with Gasteiger partial charge in [-0.25, -0.2) is 9.48 Å². The summed E-state index contributed by atoms with van der Waals surface area (Å²) in [6.07, 6.45) is 0.743. The summed E-state index contributed by atoms with van der Waals surface area (Å²) in [7, 11) is 0. The first kappa shape index (κ1) is 22.5. The summed E-state index contributed by atoms with van der Waals surface area (Å²) < 4.78 is 3.37. The van der Waals surface area contributed by atoms with E-state index in [0.29, 0.717) is 24.8 Å². The van der Waals surface area contributed by atoms with Crippen LogP contribution in [-0.2, 0) is 19.5 Å². The normalized spacial score (nSPS) is 11.3. The van der Waals surface area contributed by atoms with Gasteiger partial charge >= 0.3 is 5.69 Å². The Hall–Kier alpha value is -4.33. The van der Waals surface area contributed by atoms with Crippen molar-refractivity contribution in [1.29, 1.82) is 0 Å². The van der Waals surface area contributed by atoms with E-state index in [1.165, 1.54) is 0 Å². The second-order valence-corrected chi connectivity index (χ2v) is 9.00. The van der Waals surface area contributed by atoms with E-state index in [-0.39, 0.29) is 5.69 Å². The first-order valence-corrected chi connectivity index (χ1v) is 11.7. The van der Waals surface area contributed by atoms with Gasteiger partial charge in [-0.3, -0.25) is 4.57 Å². The van der Waals surface area contributed by atoms with Crippen molar-refractivity contribution >= 4 is 0 Å². The lowest BCUT2D eigenvalue weighted by molar-refractivity contribution is 0.582. The summed E-state index contributed by atoms with van der Waals surface area (Å²) in [5.74, 6) is 1.76. The lowest BCUT2D eigenvalue weighted by Gasteiger charge is -2.10. The van der Waals surface area contributed by atoms with E-state index in [2.05, 4.69) is 58.7 Å². The maximum Gasteiger partial charge on any atom is 0.346 e. The molecule has 0 saturated heterocycles. The molecule has 8 nitrogen and oxygen atoms in total. The molecule has 5 aromatic rings. The Morgan fingerprint density at radius 1 is 0.829 bits per heavy atom. The van der Waals surface area contributed by atoms with Crippen LogP contribution in [0.15, 0.2) is 83.7 Å². The Bertz CT molecular complexity index is 1450. The molecule has 0 unspecified atom stereocenters. The highest BCUT2D eigenvalue weighted by molar-refractivity contribution is 5.80. The van der Waals surface area contributed by atoms with Crippen molar-refractivity contribution in [2.75, 3.05) is 0 Å². The van der Waals surface area contributed by atoms with Crippen LogP contribution in [-0.4, -0.2) is 35.0 Å². The van der Waals surface area contributed by atoms with E-state index in [1.54, 1.807) is 9.25 Å². The molecule has 2 aromatic heterocycles. The molecule has 0 fully saturated rings. The molecule has 35 heavy (non-hydrogen) atoms. The van der Waals surface area contributed by atoms with E-state index in [9.17, 15) is 4.79 Å². The number of hydrogen-bond donors (Lipinski definition) is 1. The van der Waals surface area contributed by atoms with Crippen LogP contribution >= 0.6 is 0 Å². The molecule has 176 valence electrons. The Labute approximate surface area is 203 Å². The number of benzene rings is 3. The van der Waals surface area contributed by atoms with Crippen molar-refractivity contribution in [2.24, 2.45) is 5.92 Å². The molecule has 1 N–H and O–H groups in total. The summed E-state index contributed by atoms with van der Waals surface area (Å²) in [5.41, 5.74) is 4.98. The first-order valence-electron chi connectivity index (χ1n) is 11.7. The Balaban J connectivity index is 1.43. The van der Waals surface area contributed by atoms with Gasteiger partial charge in [0.15, 0.2) is 0 Å². The largest absolute Gasteiger partial charge is 0.346 e. The van der Waals surface area contributed by atoms with Gasteiger partial charge in [0.2, 0.25) is 5.82 Å². The summed E-state index contributed by atoms with van der Waals surface area (Å²) >= 11 is 0. The van der Waals surface area contributed by atoms with Crippen molar-refractivity contribution in [3.8, 4) is 22.5 Å². The van der Waals surface area contributed by atoms with Crippen molar-refractivity contribution in [2.45, 2.75) is 33.4 Å². The molecule has 0 amide bonds. The topological polar surface area (TPSA) is 94.3 Å². The average molecular weight is 466 g/mol. The first-order chi connectivity index (χ1) is 17.1. The summed E-state index contributed by atoms with van der Waals surface area (Å²) in [4.78, 5) is 13.3. The zero-order chi connectivity index (χ0) is 24.2. The maximum atomic E-state index is 13.3. The van der Waals surface area contributed by atoms with E-state index in [1.807, 2.05) is 54.6 Å². The average Bonchev–Trinajstić information content (AvgIpc) is 3.50. The fourth-order valence-corrected chi connectivity index (χ4v) is 4.20. The third kappa shape index (κ3) is 4.96. The molecule has 0 aliphatic rings. The van der Waals surface area contributed by atoms with Crippen molar-refractivity contribution in [3.05, 3.63) is 106 Å². The molecule has 0 aliphatic carbocycles. The monoisotopic (exact) mass is 465 g/mol. The van der Waals surface area contributed by atoms with Crippen molar-refractivity contribution < 1.29 is 0 Å². The minimum absolute atomic E-state index is 0.0870. The SMILES string of the molecule is CC(C)Cc1nn(Cc2ccccc2)c(=O)n1Cc1ccc(-c2ccccc2-c2nn[nH]n2)cc1. The fourth-order valence-electron chi connectivity index (χ4n) is 4.20. The molecule has 3 aromatic carbocycles. The quantitative estimate of drug-likeness (QED) is 0.371. The van der Waals surface area contributed by atoms with Crippen LogP contribution in [0.5, 0.6) is 0 Å². The molecule has 0 aliphatic heterocycles. The minimum Gasteiger partial charge on any atom is -0.274 e. The highest BCUT2D eigenvalue weighted by Gasteiger charge is 2.16. The molecule has 0 bridgehead atoms. The summed E-state index contributed by atoms with van der Waals surface area (Å²) in [5, 5.41) is 19.1. The third-order valence-electron chi connectivity index (χ3n) is 5.88. The second-order valence-electron chi connectivity index (χ2n) is 9.00. The van der Waals surface area contributed by atoms with Crippen LogP contribution in [0.25, 0.3) is 22.5 Å². The second kappa shape index (κ2) is 9.89. The van der Waals surface area contributed by atoms with E-state index in [4.69, 9.17) is 5.10 Å². The number of nitrogens with one attached hydrogen (secondary N) is 1. The molecular formula is C27H27N7O. The molecule has 0 radical (unpaired) electrons. The van der Waals surface area contributed by atoms with Gasteiger partial charge in [0.25, 0.3) is 0 Å². The van der Waals surface area contributed by atoms with Gasteiger partial charge in [0.1, 0.15) is 5.82 Å². The van der Waals surface area contributed by atoms with Crippen LogP contribution in [0.4, 0.5) is 0 Å². The lowest BCUT2D eigenvalue weighted by atomic mass is 9.98. The third-order valence-corrected chi connectivity index (χ3v) is 5.88. The van der Waals surface area contributed by atoms with Crippen molar-refractivity contribution in [1.82, 2.24) is 35.0 Å². The van der Waals surface area contributed by atoms with Gasteiger partial charge in [0, 0.05) is 12.0 Å². The number of rotatable bonds is 8. The number of hydrogen-bond acceptors (Lipinski definition) is 5. The smallest absolute Gasteiger partial charge is 0.274 e. The maximum absolute atomic E-state index is 13.3. The summed E-state index contributed by atoms with van der Waals surface area (Å²) in [6.45, 7) is 5.22. The highest BCUT2D eigenvalue weighted by atomic mass is 16.2. The van der Waals surface area contributed by atoms with Crippen LogP contribution in [0.3, 0.4) is 0 Å². The van der Waals surface area contributed by atoms with Gasteiger partial charge in [-0.05, 0) is 33.4 Å². The molecule has 0 saturated carbocycles. The van der Waals surface area contributed by atoms with Gasteiger partial charge in [-0.15, -0.1) is 10.2 Å². The number of aromatic nitrogens is 7. The van der Waals surface area contributed by atoms with Crippen LogP contribution < -0.4 is 5.69 Å². The van der Waals surface area contributed by atoms with Gasteiger partial charge < -0.3 is 0 Å². The fraction of sp³-hybridized carbons (Fsp3) is 0.222. The minimum atomic E-state index is -0.0870. The zero-order valence-corrected chi connectivity index (χ0v) is 19.8. The highest BCUT2D eigenvalue weighted by Crippen LogP contribution is 2.29. The molecule has 0 spiro atoms. The predicted molar refractivity (Wildman–Crippen MR) is 135 cm³/mol. The standard InChI is InChI=1S/C27H27N7O/c1-19(2)16-25-30-34(18-20-8-4-3-5-9-20)27(35)33(25)17-21-12-14-22(15-13-21)23-10-6-7-11-24(23)26-28-31-32-29-26/h3-15,19H,16-18H2,1-2H3,(H,28,29,31,32). The zero-order valence-electron chi connectivity index (χ0n) is 19.8. The van der Waals surface area contributed by atoms with Crippen molar-refractivity contribution in [3.63, 3.8) is 0 Å². The Morgan fingerprint density at radius 3 is 2.20 bits per heavy atom. The number of tetrazole rings is 1. The van der Waals surface area contributed by atoms with Gasteiger partial charge in [-0.2, -0.15) is 10.3 Å². The molecule has 0 atom stereocenters. The van der Waals surface area contributed by atoms with Crippen LogP contribution in [0, 0.1) is 5.92 Å². The van der Waals surface area contributed by atoms with Gasteiger partial charge in [0.05, 0.1) is 13.1 Å². The summed E-state index contributed by atoms with van der Waals surface area (Å²) in [6, 6.07) is 26.2. The number of nitrogens with zero attached hydrogens (tertiary/aromatic N) is 6. The predicted octanol–water partition coefficient (Wildman–Crippen LogP) is 4.19. The molecule has 5 rings (SSSR count). The number of H-pyrrole nitrogens is 1.